The van der Waals surface area contributed by atoms with Crippen LogP contribution in [0.3, 0.4) is 0 Å². The second-order valence-electron chi connectivity index (χ2n) is 5.57. The maximum absolute atomic E-state index is 6.34. The molecule has 0 bridgehead atoms. The summed E-state index contributed by atoms with van der Waals surface area (Å²) < 4.78 is 0. The average Bonchev–Trinajstić information content (AvgIpc) is 2.63. The van der Waals surface area contributed by atoms with Crippen LogP contribution in [0, 0.1) is 0 Å². The van der Waals surface area contributed by atoms with Gasteiger partial charge in [0.15, 0.2) is 0 Å². The predicted molar refractivity (Wildman–Crippen MR) is 103 cm³/mol. The molecule has 0 saturated heterocycles. The van der Waals surface area contributed by atoms with E-state index in [1.54, 1.807) is 0 Å². The molecule has 4 N–H and O–H groups in total. The zero-order chi connectivity index (χ0) is 16.8. The maximum Gasteiger partial charge on any atom is 0.0400 e. The van der Waals surface area contributed by atoms with Gasteiger partial charge in [-0.25, -0.2) is 0 Å². The highest BCUT2D eigenvalue weighted by Gasteiger charge is 2.07. The monoisotopic (exact) mass is 312 g/mol. The summed E-state index contributed by atoms with van der Waals surface area (Å²) in [5.74, 6) is 0. The Kier molecular flexibility index (Phi) is 4.78. The summed E-state index contributed by atoms with van der Waals surface area (Å²) in [6.07, 6.45) is 3.93. The van der Waals surface area contributed by atoms with Crippen molar-refractivity contribution in [2.24, 2.45) is 11.5 Å². The van der Waals surface area contributed by atoms with Crippen molar-refractivity contribution in [1.29, 1.82) is 0 Å². The Labute approximate surface area is 142 Å². The Morgan fingerprint density at radius 2 is 0.833 bits per heavy atom. The largest absolute Gasteiger partial charge is 0.398 e. The van der Waals surface area contributed by atoms with Crippen molar-refractivity contribution in [3.05, 3.63) is 107 Å². The number of nitrogens with two attached hydrogens (primary N) is 2. The minimum absolute atomic E-state index is 0.696. The first-order valence-electron chi connectivity index (χ1n) is 7.88. The SMILES string of the molecule is N/C(=C\c1ccccc1)c1ccccc1/C(N)=C/c1ccccc1. The summed E-state index contributed by atoms with van der Waals surface area (Å²) in [5.41, 5.74) is 18.1. The van der Waals surface area contributed by atoms with Crippen molar-refractivity contribution in [1.82, 2.24) is 0 Å². The van der Waals surface area contributed by atoms with E-state index in [0.29, 0.717) is 11.4 Å². The average molecular weight is 312 g/mol. The Balaban J connectivity index is 1.99. The lowest BCUT2D eigenvalue weighted by atomic mass is 9.99. The van der Waals surface area contributed by atoms with Gasteiger partial charge in [0.1, 0.15) is 0 Å². The number of benzene rings is 3. The third-order valence-electron chi connectivity index (χ3n) is 3.79. The standard InChI is InChI=1S/C22H20N2/c23-21(15-17-9-3-1-4-10-17)19-13-7-8-14-20(19)22(24)16-18-11-5-2-6-12-18/h1-16H,23-24H2/b21-15-,22-16-. The highest BCUT2D eigenvalue weighted by Crippen LogP contribution is 2.23. The Morgan fingerprint density at radius 1 is 0.500 bits per heavy atom. The van der Waals surface area contributed by atoms with Crippen LogP contribution in [0.25, 0.3) is 23.5 Å². The van der Waals surface area contributed by atoms with Gasteiger partial charge >= 0.3 is 0 Å². The van der Waals surface area contributed by atoms with Gasteiger partial charge in [-0.05, 0) is 23.3 Å². The van der Waals surface area contributed by atoms with Crippen molar-refractivity contribution in [3.63, 3.8) is 0 Å². The quantitative estimate of drug-likeness (QED) is 0.692. The molecule has 0 aromatic heterocycles. The second-order valence-corrected chi connectivity index (χ2v) is 5.57. The Bertz CT molecular complexity index is 788. The first-order chi connectivity index (χ1) is 11.7. The molecule has 0 fully saturated rings. The molecule has 0 spiro atoms. The molecule has 3 aromatic rings. The Hall–Kier alpha value is -3.26. The van der Waals surface area contributed by atoms with E-state index < -0.39 is 0 Å². The molecule has 0 aliphatic heterocycles. The van der Waals surface area contributed by atoms with Crippen LogP contribution in [0.5, 0.6) is 0 Å². The molecule has 0 aliphatic rings. The molecule has 3 aromatic carbocycles. The third kappa shape index (κ3) is 3.73. The van der Waals surface area contributed by atoms with Crippen LogP contribution in [0.1, 0.15) is 22.3 Å². The van der Waals surface area contributed by atoms with E-state index in [-0.39, 0.29) is 0 Å². The van der Waals surface area contributed by atoms with E-state index in [4.69, 9.17) is 11.5 Å². The minimum Gasteiger partial charge on any atom is -0.398 e. The minimum atomic E-state index is 0.696. The van der Waals surface area contributed by atoms with Crippen molar-refractivity contribution in [2.45, 2.75) is 0 Å². The van der Waals surface area contributed by atoms with Gasteiger partial charge in [0.05, 0.1) is 0 Å². The molecule has 0 aliphatic carbocycles. The normalized spacial score (nSPS) is 12.2. The molecule has 0 atom stereocenters. The molecule has 0 radical (unpaired) electrons. The molecule has 0 heterocycles. The third-order valence-corrected chi connectivity index (χ3v) is 3.79. The molecule has 2 heteroatoms. The highest BCUT2D eigenvalue weighted by atomic mass is 14.6. The van der Waals surface area contributed by atoms with Crippen LogP contribution in [0.15, 0.2) is 84.9 Å². The molecule has 3 rings (SSSR count). The molecule has 0 unspecified atom stereocenters. The first-order valence-corrected chi connectivity index (χ1v) is 7.88. The van der Waals surface area contributed by atoms with Crippen molar-refractivity contribution < 1.29 is 0 Å². The first kappa shape index (κ1) is 15.6. The summed E-state index contributed by atoms with van der Waals surface area (Å²) in [5, 5.41) is 0. The maximum atomic E-state index is 6.34. The van der Waals surface area contributed by atoms with Crippen molar-refractivity contribution >= 4 is 23.5 Å². The van der Waals surface area contributed by atoms with Gasteiger partial charge in [-0.3, -0.25) is 0 Å². The summed E-state index contributed by atoms with van der Waals surface area (Å²) in [7, 11) is 0. The Morgan fingerprint density at radius 3 is 1.21 bits per heavy atom. The molecular formula is C22H20N2. The van der Waals surface area contributed by atoms with Gasteiger partial charge in [0.2, 0.25) is 0 Å². The fourth-order valence-electron chi connectivity index (χ4n) is 2.60. The van der Waals surface area contributed by atoms with Crippen LogP contribution in [-0.4, -0.2) is 0 Å². The van der Waals surface area contributed by atoms with E-state index >= 15 is 0 Å². The van der Waals surface area contributed by atoms with E-state index in [0.717, 1.165) is 22.3 Å². The zero-order valence-electron chi connectivity index (χ0n) is 13.4. The zero-order valence-corrected chi connectivity index (χ0v) is 13.4. The molecule has 2 nitrogen and oxygen atoms in total. The molecule has 24 heavy (non-hydrogen) atoms. The topological polar surface area (TPSA) is 52.0 Å². The highest BCUT2D eigenvalue weighted by molar-refractivity contribution is 5.89. The summed E-state index contributed by atoms with van der Waals surface area (Å²) in [4.78, 5) is 0. The summed E-state index contributed by atoms with van der Waals surface area (Å²) >= 11 is 0. The fourth-order valence-corrected chi connectivity index (χ4v) is 2.60. The van der Waals surface area contributed by atoms with Gasteiger partial charge in [0.25, 0.3) is 0 Å². The van der Waals surface area contributed by atoms with E-state index in [2.05, 4.69) is 0 Å². The molecule has 0 amide bonds. The summed E-state index contributed by atoms with van der Waals surface area (Å²) in [6.45, 7) is 0. The van der Waals surface area contributed by atoms with Crippen molar-refractivity contribution in [2.75, 3.05) is 0 Å². The lowest BCUT2D eigenvalue weighted by Gasteiger charge is -2.11. The van der Waals surface area contributed by atoms with Gasteiger partial charge in [-0.2, -0.15) is 0 Å². The smallest absolute Gasteiger partial charge is 0.0400 e. The molecule has 118 valence electrons. The lowest BCUT2D eigenvalue weighted by molar-refractivity contribution is 1.45. The van der Waals surface area contributed by atoms with Gasteiger partial charge in [-0.1, -0.05) is 84.9 Å². The van der Waals surface area contributed by atoms with Crippen LogP contribution in [0.2, 0.25) is 0 Å². The molecule has 0 saturated carbocycles. The van der Waals surface area contributed by atoms with Crippen LogP contribution in [0.4, 0.5) is 0 Å². The van der Waals surface area contributed by atoms with Crippen LogP contribution < -0.4 is 11.5 Å². The van der Waals surface area contributed by atoms with E-state index in [1.807, 2.05) is 97.1 Å². The lowest BCUT2D eigenvalue weighted by Crippen LogP contribution is -2.04. The van der Waals surface area contributed by atoms with Crippen molar-refractivity contribution in [3.8, 4) is 0 Å². The van der Waals surface area contributed by atoms with Gasteiger partial charge in [-0.15, -0.1) is 0 Å². The predicted octanol–water partition coefficient (Wildman–Crippen LogP) is 4.60. The van der Waals surface area contributed by atoms with Gasteiger partial charge < -0.3 is 11.5 Å². The summed E-state index contributed by atoms with van der Waals surface area (Å²) in [6, 6.07) is 28.0. The number of hydrogen-bond acceptors (Lipinski definition) is 2. The van der Waals surface area contributed by atoms with Gasteiger partial charge in [0, 0.05) is 22.5 Å². The molecular weight excluding hydrogens is 292 g/mol. The van der Waals surface area contributed by atoms with Crippen LogP contribution in [-0.2, 0) is 0 Å². The number of rotatable bonds is 4. The second kappa shape index (κ2) is 7.34. The van der Waals surface area contributed by atoms with Crippen LogP contribution >= 0.6 is 0 Å². The fraction of sp³-hybridized carbons (Fsp3) is 0. The number of hydrogen-bond donors (Lipinski definition) is 2. The van der Waals surface area contributed by atoms with E-state index in [1.165, 1.54) is 0 Å². The van der Waals surface area contributed by atoms with E-state index in [9.17, 15) is 0 Å².